The third kappa shape index (κ3) is 11.5. The van der Waals surface area contributed by atoms with E-state index in [1.54, 1.807) is 0 Å². The largest absolute Gasteiger partial charge is 2.00 e. The second kappa shape index (κ2) is 6.12. The summed E-state index contributed by atoms with van der Waals surface area (Å²) in [6, 6.07) is 0. The summed E-state index contributed by atoms with van der Waals surface area (Å²) in [6.07, 6.45) is 0. The summed E-state index contributed by atoms with van der Waals surface area (Å²) >= 11 is 0. The molecule has 0 aliphatic carbocycles. The monoisotopic (exact) mass is 159 g/mol. The smallest absolute Gasteiger partial charge is 1.00 e. The van der Waals surface area contributed by atoms with Gasteiger partial charge in [0, 0.05) is 6.92 Å². The van der Waals surface area contributed by atoms with Crippen LogP contribution in [0.4, 0.5) is 0 Å². The van der Waals surface area contributed by atoms with Gasteiger partial charge in [-0.1, -0.05) is 0 Å². The Morgan fingerprint density at radius 3 is 2.22 bits per heavy atom. The van der Waals surface area contributed by atoms with E-state index in [0.29, 0.717) is 0 Å². The first-order chi connectivity index (χ1) is 3.63. The molecular formula is C3H9CaN3O2. The molecule has 0 aromatic carbocycles. The van der Waals surface area contributed by atoms with Crippen LogP contribution in [0.15, 0.2) is 5.16 Å². The fourth-order valence-electron chi connectivity index (χ4n) is 0.117. The van der Waals surface area contributed by atoms with Crippen molar-refractivity contribution in [2.24, 2.45) is 16.6 Å². The molecule has 0 aliphatic heterocycles. The summed E-state index contributed by atoms with van der Waals surface area (Å²) in [5.74, 6) is -0.807. The number of nitrogens with two attached hydrogens (primary N) is 2. The van der Waals surface area contributed by atoms with Gasteiger partial charge in [0.15, 0.2) is 0 Å². The predicted octanol–water partition coefficient (Wildman–Crippen LogP) is -1.42. The normalized spacial score (nSPS) is 6.78. The van der Waals surface area contributed by atoms with E-state index in [1.165, 1.54) is 6.92 Å². The maximum Gasteiger partial charge on any atom is 2.00 e. The molecule has 6 heteroatoms. The fourth-order valence-corrected chi connectivity index (χ4v) is 0.117. The first kappa shape index (κ1) is 11.8. The van der Waals surface area contributed by atoms with Crippen molar-refractivity contribution < 1.29 is 12.5 Å². The molecule has 0 saturated heterocycles. The molecule has 0 amide bonds. The van der Waals surface area contributed by atoms with Gasteiger partial charge in [-0.3, -0.25) is 0 Å². The molecule has 0 atom stereocenters. The van der Waals surface area contributed by atoms with E-state index in [4.69, 9.17) is 11.5 Å². The topological polar surface area (TPSA) is 90.7 Å². The second-order valence-electron chi connectivity index (χ2n) is 1.10. The molecule has 0 spiro atoms. The van der Waals surface area contributed by atoms with E-state index in [0.717, 1.165) is 0 Å². The Balaban J connectivity index is -0.0000000817. The van der Waals surface area contributed by atoms with Crippen molar-refractivity contribution in [1.82, 2.24) is 0 Å². The van der Waals surface area contributed by atoms with Crippen LogP contribution in [0.3, 0.4) is 0 Å². The van der Waals surface area contributed by atoms with Gasteiger partial charge in [-0.25, -0.2) is 4.79 Å². The Kier molecular flexibility index (Phi) is 8.00. The SMILES string of the molecule is CC(=O)ON=C(N)N.[Ca+2].[H-].[H-]. The molecule has 50 valence electrons. The molecule has 0 aromatic rings. The van der Waals surface area contributed by atoms with Crippen LogP contribution in [0.1, 0.15) is 9.78 Å². The van der Waals surface area contributed by atoms with Crippen molar-refractivity contribution in [3.63, 3.8) is 0 Å². The van der Waals surface area contributed by atoms with Crippen LogP contribution in [-0.4, -0.2) is 49.7 Å². The van der Waals surface area contributed by atoms with E-state index in [2.05, 4.69) is 9.99 Å². The maximum absolute atomic E-state index is 9.91. The summed E-state index contributed by atoms with van der Waals surface area (Å²) in [4.78, 5) is 13.9. The first-order valence-corrected chi connectivity index (χ1v) is 1.89. The molecule has 0 aliphatic rings. The van der Waals surface area contributed by atoms with Gasteiger partial charge in [0.2, 0.25) is 5.96 Å². The van der Waals surface area contributed by atoms with Crippen molar-refractivity contribution in [2.45, 2.75) is 6.92 Å². The Hall–Kier alpha value is -0.000260. The predicted molar refractivity (Wildman–Crippen MR) is 35.6 cm³/mol. The Bertz CT molecular complexity index is 128. The van der Waals surface area contributed by atoms with E-state index in [1.807, 2.05) is 0 Å². The third-order valence-corrected chi connectivity index (χ3v) is 0.280. The standard InChI is InChI=1S/C3H7N3O2.Ca.2H/c1-2(7)8-6-3(4)5;;;/h1H3,(H4,4,5,6);;;/q;+2;2*-1. The molecule has 0 aromatic heterocycles. The van der Waals surface area contributed by atoms with Gasteiger partial charge in [0.05, 0.1) is 0 Å². The van der Waals surface area contributed by atoms with Gasteiger partial charge >= 0.3 is 43.7 Å². The summed E-state index contributed by atoms with van der Waals surface area (Å²) < 4.78 is 0. The quantitative estimate of drug-likeness (QED) is 0.161. The zero-order valence-electron chi connectivity index (χ0n) is 7.13. The summed E-state index contributed by atoms with van der Waals surface area (Å²) in [5, 5.41) is 2.95. The van der Waals surface area contributed by atoms with Crippen LogP contribution in [-0.2, 0) is 9.63 Å². The summed E-state index contributed by atoms with van der Waals surface area (Å²) in [7, 11) is 0. The average molecular weight is 159 g/mol. The number of hydrogen-bond acceptors (Lipinski definition) is 3. The fraction of sp³-hybridized carbons (Fsp3) is 0.333. The van der Waals surface area contributed by atoms with Crippen molar-refractivity contribution in [3.8, 4) is 0 Å². The molecule has 0 fully saturated rings. The third-order valence-electron chi connectivity index (χ3n) is 0.280. The number of oxime groups is 1. The minimum Gasteiger partial charge on any atom is -1.00 e. The number of hydrogen-bond donors (Lipinski definition) is 2. The zero-order chi connectivity index (χ0) is 6.57. The van der Waals surface area contributed by atoms with Crippen molar-refractivity contribution in [3.05, 3.63) is 0 Å². The molecule has 9 heavy (non-hydrogen) atoms. The molecule has 0 unspecified atom stereocenters. The van der Waals surface area contributed by atoms with Gasteiger partial charge in [-0.15, -0.1) is 0 Å². The Morgan fingerprint density at radius 1 is 1.67 bits per heavy atom. The zero-order valence-corrected chi connectivity index (χ0v) is 7.33. The minimum atomic E-state index is -0.543. The van der Waals surface area contributed by atoms with Crippen LogP contribution in [0.25, 0.3) is 0 Å². The van der Waals surface area contributed by atoms with E-state index < -0.39 is 5.97 Å². The number of carbonyl (C=O) groups is 1. The van der Waals surface area contributed by atoms with E-state index in [9.17, 15) is 4.79 Å². The van der Waals surface area contributed by atoms with Crippen LogP contribution in [0, 0.1) is 0 Å². The van der Waals surface area contributed by atoms with Crippen LogP contribution in [0.5, 0.6) is 0 Å². The first-order valence-electron chi connectivity index (χ1n) is 1.89. The van der Waals surface area contributed by atoms with Gasteiger partial charge in [0.25, 0.3) is 0 Å². The van der Waals surface area contributed by atoms with Crippen LogP contribution in [0.2, 0.25) is 0 Å². The summed E-state index contributed by atoms with van der Waals surface area (Å²) in [6.45, 7) is 1.20. The molecule has 4 N–H and O–H groups in total. The number of carbonyl (C=O) groups excluding carboxylic acids is 1. The minimum absolute atomic E-state index is 0. The average Bonchev–Trinajstić information content (AvgIpc) is 1.61. The number of nitrogens with zero attached hydrogens (tertiary/aromatic N) is 1. The molecule has 0 bridgehead atoms. The van der Waals surface area contributed by atoms with Crippen LogP contribution < -0.4 is 11.5 Å². The van der Waals surface area contributed by atoms with Crippen LogP contribution >= 0.6 is 0 Å². The molecular weight excluding hydrogens is 150 g/mol. The number of guanidine groups is 1. The number of rotatable bonds is 1. The van der Waals surface area contributed by atoms with E-state index >= 15 is 0 Å². The van der Waals surface area contributed by atoms with Crippen molar-refractivity contribution in [2.75, 3.05) is 0 Å². The van der Waals surface area contributed by atoms with E-state index in [-0.39, 0.29) is 46.6 Å². The van der Waals surface area contributed by atoms with Crippen molar-refractivity contribution >= 4 is 49.7 Å². The van der Waals surface area contributed by atoms with Gasteiger partial charge < -0.3 is 19.2 Å². The Morgan fingerprint density at radius 2 is 2.11 bits per heavy atom. The molecule has 0 rings (SSSR count). The molecule has 5 nitrogen and oxygen atoms in total. The molecule has 0 heterocycles. The second-order valence-corrected chi connectivity index (χ2v) is 1.10. The summed E-state index contributed by atoms with van der Waals surface area (Å²) in [5.41, 5.74) is 9.58. The molecule has 0 saturated carbocycles. The maximum atomic E-state index is 9.91. The van der Waals surface area contributed by atoms with Gasteiger partial charge in [-0.2, -0.15) is 0 Å². The van der Waals surface area contributed by atoms with Crippen molar-refractivity contribution in [1.29, 1.82) is 0 Å². The van der Waals surface area contributed by atoms with Gasteiger partial charge in [-0.05, 0) is 5.16 Å². The molecule has 0 radical (unpaired) electrons. The Labute approximate surface area is 85.4 Å². The van der Waals surface area contributed by atoms with Gasteiger partial charge in [0.1, 0.15) is 0 Å².